The van der Waals surface area contributed by atoms with E-state index in [0.717, 1.165) is 32.0 Å². The zero-order chi connectivity index (χ0) is 11.8. The Kier molecular flexibility index (Phi) is 5.90. The van der Waals surface area contributed by atoms with Crippen LogP contribution in [-0.2, 0) is 11.3 Å². The minimum atomic E-state index is 0.782. The first kappa shape index (κ1) is 13.0. The third-order valence-corrected chi connectivity index (χ3v) is 2.62. The van der Waals surface area contributed by atoms with Crippen molar-refractivity contribution in [3.05, 3.63) is 29.8 Å². The van der Waals surface area contributed by atoms with Crippen LogP contribution >= 0.6 is 0 Å². The monoisotopic (exact) mass is 223 g/mol. The van der Waals surface area contributed by atoms with E-state index in [0.29, 0.717) is 0 Å². The summed E-state index contributed by atoms with van der Waals surface area (Å²) in [6.07, 6.45) is 0. The van der Waals surface area contributed by atoms with Gasteiger partial charge in [-0.05, 0) is 24.2 Å². The standard InChI is InChI=1S/C13H21NO2/c1-4-14(9-10-15-2)11-12-5-7-13(16-3)8-6-12/h5-8H,4,9-11H2,1-3H3. The van der Waals surface area contributed by atoms with Crippen LogP contribution in [0.15, 0.2) is 24.3 Å². The maximum absolute atomic E-state index is 5.13. The van der Waals surface area contributed by atoms with Crippen LogP contribution in [-0.4, -0.2) is 38.8 Å². The summed E-state index contributed by atoms with van der Waals surface area (Å²) in [5.74, 6) is 0.906. The zero-order valence-corrected chi connectivity index (χ0v) is 10.4. The van der Waals surface area contributed by atoms with Crippen LogP contribution in [0, 0.1) is 0 Å². The van der Waals surface area contributed by atoms with Gasteiger partial charge in [0.25, 0.3) is 0 Å². The molecule has 1 aromatic carbocycles. The number of methoxy groups -OCH3 is 2. The fraction of sp³-hybridized carbons (Fsp3) is 0.538. The second-order valence-corrected chi connectivity index (χ2v) is 3.71. The SMILES string of the molecule is CCN(CCOC)Cc1ccc(OC)cc1. The van der Waals surface area contributed by atoms with E-state index in [4.69, 9.17) is 9.47 Å². The summed E-state index contributed by atoms with van der Waals surface area (Å²) in [4.78, 5) is 2.35. The molecule has 16 heavy (non-hydrogen) atoms. The van der Waals surface area contributed by atoms with Crippen LogP contribution in [0.4, 0.5) is 0 Å². The van der Waals surface area contributed by atoms with E-state index in [-0.39, 0.29) is 0 Å². The minimum absolute atomic E-state index is 0.782. The maximum Gasteiger partial charge on any atom is 0.118 e. The zero-order valence-electron chi connectivity index (χ0n) is 10.4. The molecule has 0 aliphatic carbocycles. The third-order valence-electron chi connectivity index (χ3n) is 2.62. The molecule has 1 aromatic rings. The Morgan fingerprint density at radius 1 is 1.12 bits per heavy atom. The largest absolute Gasteiger partial charge is 0.497 e. The smallest absolute Gasteiger partial charge is 0.118 e. The van der Waals surface area contributed by atoms with Crippen LogP contribution in [0.1, 0.15) is 12.5 Å². The van der Waals surface area contributed by atoms with Gasteiger partial charge in [0, 0.05) is 20.2 Å². The quantitative estimate of drug-likeness (QED) is 0.707. The van der Waals surface area contributed by atoms with Crippen molar-refractivity contribution in [1.82, 2.24) is 4.90 Å². The molecule has 0 amide bonds. The number of hydrogen-bond donors (Lipinski definition) is 0. The molecule has 0 spiro atoms. The lowest BCUT2D eigenvalue weighted by atomic mass is 10.2. The van der Waals surface area contributed by atoms with Crippen molar-refractivity contribution in [3.8, 4) is 5.75 Å². The highest BCUT2D eigenvalue weighted by molar-refractivity contribution is 5.27. The van der Waals surface area contributed by atoms with Crippen molar-refractivity contribution in [2.24, 2.45) is 0 Å². The summed E-state index contributed by atoms with van der Waals surface area (Å²) in [6, 6.07) is 8.21. The number of nitrogens with zero attached hydrogens (tertiary/aromatic N) is 1. The van der Waals surface area contributed by atoms with Crippen molar-refractivity contribution >= 4 is 0 Å². The van der Waals surface area contributed by atoms with Gasteiger partial charge in [0.15, 0.2) is 0 Å². The van der Waals surface area contributed by atoms with Gasteiger partial charge in [-0.15, -0.1) is 0 Å². The first-order chi connectivity index (χ1) is 7.80. The number of benzene rings is 1. The Morgan fingerprint density at radius 3 is 2.31 bits per heavy atom. The van der Waals surface area contributed by atoms with Crippen molar-refractivity contribution in [2.75, 3.05) is 33.9 Å². The summed E-state index contributed by atoms with van der Waals surface area (Å²) in [5.41, 5.74) is 1.30. The van der Waals surface area contributed by atoms with Gasteiger partial charge in [-0.1, -0.05) is 19.1 Å². The maximum atomic E-state index is 5.13. The van der Waals surface area contributed by atoms with Crippen molar-refractivity contribution in [3.63, 3.8) is 0 Å². The molecule has 3 nitrogen and oxygen atoms in total. The van der Waals surface area contributed by atoms with Crippen LogP contribution in [0.3, 0.4) is 0 Å². The predicted molar refractivity (Wildman–Crippen MR) is 65.8 cm³/mol. The number of likely N-dealkylation sites (N-methyl/N-ethyl adjacent to an activating group) is 1. The van der Waals surface area contributed by atoms with Gasteiger partial charge in [-0.2, -0.15) is 0 Å². The first-order valence-corrected chi connectivity index (χ1v) is 5.64. The van der Waals surface area contributed by atoms with Gasteiger partial charge >= 0.3 is 0 Å². The average molecular weight is 223 g/mol. The predicted octanol–water partition coefficient (Wildman–Crippen LogP) is 2.16. The molecule has 0 radical (unpaired) electrons. The fourth-order valence-corrected chi connectivity index (χ4v) is 1.56. The van der Waals surface area contributed by atoms with Crippen LogP contribution < -0.4 is 4.74 Å². The summed E-state index contributed by atoms with van der Waals surface area (Å²) in [5, 5.41) is 0. The van der Waals surface area contributed by atoms with Crippen molar-refractivity contribution < 1.29 is 9.47 Å². The van der Waals surface area contributed by atoms with Gasteiger partial charge in [-0.25, -0.2) is 0 Å². The summed E-state index contributed by atoms with van der Waals surface area (Å²) >= 11 is 0. The second-order valence-electron chi connectivity index (χ2n) is 3.71. The number of ether oxygens (including phenoxy) is 2. The Morgan fingerprint density at radius 2 is 1.81 bits per heavy atom. The Balaban J connectivity index is 2.49. The van der Waals surface area contributed by atoms with Gasteiger partial charge in [-0.3, -0.25) is 4.90 Å². The minimum Gasteiger partial charge on any atom is -0.497 e. The molecule has 3 heteroatoms. The summed E-state index contributed by atoms with van der Waals surface area (Å²) < 4.78 is 10.2. The van der Waals surface area contributed by atoms with Gasteiger partial charge in [0.05, 0.1) is 13.7 Å². The Labute approximate surface area is 98.0 Å². The van der Waals surface area contributed by atoms with E-state index in [1.807, 2.05) is 12.1 Å². The average Bonchev–Trinajstić information content (AvgIpc) is 2.35. The molecular formula is C13H21NO2. The van der Waals surface area contributed by atoms with E-state index >= 15 is 0 Å². The molecule has 0 aliphatic rings. The lowest BCUT2D eigenvalue weighted by Gasteiger charge is -2.19. The van der Waals surface area contributed by atoms with E-state index < -0.39 is 0 Å². The molecule has 90 valence electrons. The van der Waals surface area contributed by atoms with E-state index in [2.05, 4.69) is 24.0 Å². The first-order valence-electron chi connectivity index (χ1n) is 5.64. The normalized spacial score (nSPS) is 10.8. The molecule has 0 aromatic heterocycles. The summed E-state index contributed by atoms with van der Waals surface area (Å²) in [6.45, 7) is 5.92. The van der Waals surface area contributed by atoms with E-state index in [1.165, 1.54) is 5.56 Å². The molecule has 0 unspecified atom stereocenters. The van der Waals surface area contributed by atoms with Crippen molar-refractivity contribution in [1.29, 1.82) is 0 Å². The molecule has 0 fully saturated rings. The lowest BCUT2D eigenvalue weighted by molar-refractivity contribution is 0.147. The molecule has 0 bridgehead atoms. The Hall–Kier alpha value is -1.06. The van der Waals surface area contributed by atoms with Crippen LogP contribution in [0.2, 0.25) is 0 Å². The Bertz CT molecular complexity index is 284. The highest BCUT2D eigenvalue weighted by atomic mass is 16.5. The van der Waals surface area contributed by atoms with Gasteiger partial charge in [0.2, 0.25) is 0 Å². The molecule has 0 aliphatic heterocycles. The molecular weight excluding hydrogens is 202 g/mol. The lowest BCUT2D eigenvalue weighted by Crippen LogP contribution is -2.26. The molecule has 0 saturated heterocycles. The molecule has 0 N–H and O–H groups in total. The van der Waals surface area contributed by atoms with Gasteiger partial charge in [0.1, 0.15) is 5.75 Å². The van der Waals surface area contributed by atoms with Crippen LogP contribution in [0.5, 0.6) is 5.75 Å². The third kappa shape index (κ3) is 4.21. The second kappa shape index (κ2) is 7.25. The van der Waals surface area contributed by atoms with Crippen LogP contribution in [0.25, 0.3) is 0 Å². The summed E-state index contributed by atoms with van der Waals surface area (Å²) in [7, 11) is 3.42. The topological polar surface area (TPSA) is 21.7 Å². The molecule has 1 rings (SSSR count). The van der Waals surface area contributed by atoms with Crippen molar-refractivity contribution in [2.45, 2.75) is 13.5 Å². The highest BCUT2D eigenvalue weighted by Gasteiger charge is 2.03. The van der Waals surface area contributed by atoms with Gasteiger partial charge < -0.3 is 9.47 Å². The highest BCUT2D eigenvalue weighted by Crippen LogP contribution is 2.12. The van der Waals surface area contributed by atoms with E-state index in [1.54, 1.807) is 14.2 Å². The fourth-order valence-electron chi connectivity index (χ4n) is 1.56. The molecule has 0 atom stereocenters. The molecule has 0 saturated carbocycles. The molecule has 0 heterocycles. The number of hydrogen-bond acceptors (Lipinski definition) is 3. The van der Waals surface area contributed by atoms with E-state index in [9.17, 15) is 0 Å². The number of rotatable bonds is 7.